The van der Waals surface area contributed by atoms with Crippen LogP contribution in [0.3, 0.4) is 0 Å². The van der Waals surface area contributed by atoms with Crippen LogP contribution in [0.25, 0.3) is 11.0 Å². The molecule has 1 aromatic heterocycles. The number of nitrogens with two attached hydrogens (primary N) is 1. The minimum atomic E-state index is -0.980. The first kappa shape index (κ1) is 16.5. The maximum absolute atomic E-state index is 13.2. The van der Waals surface area contributed by atoms with Gasteiger partial charge in [0.25, 0.3) is 5.91 Å². The molecule has 3 rings (SSSR count). The number of fused-ring (bicyclic) bond motifs is 1. The number of hydrogen-bond donors (Lipinski definition) is 2. The van der Waals surface area contributed by atoms with Gasteiger partial charge in [-0.25, -0.2) is 9.37 Å². The van der Waals surface area contributed by atoms with Gasteiger partial charge in [-0.3, -0.25) is 14.6 Å². The fourth-order valence-corrected chi connectivity index (χ4v) is 2.40. The number of para-hydroxylation sites is 2. The Balaban J connectivity index is 1.78. The molecule has 126 valence electrons. The SMILES string of the molecule is NC(=O)[C@@H](Cc1cnc2ccccc2n1)NC(=O)c1cccc(F)c1. The summed E-state index contributed by atoms with van der Waals surface area (Å²) in [7, 11) is 0. The van der Waals surface area contributed by atoms with Crippen molar-refractivity contribution in [1.29, 1.82) is 0 Å². The lowest BCUT2D eigenvalue weighted by molar-refractivity contribution is -0.119. The molecule has 3 aromatic rings. The van der Waals surface area contributed by atoms with Gasteiger partial charge in [-0.1, -0.05) is 18.2 Å². The van der Waals surface area contributed by atoms with Gasteiger partial charge >= 0.3 is 0 Å². The molecular weight excluding hydrogens is 323 g/mol. The summed E-state index contributed by atoms with van der Waals surface area (Å²) in [5.41, 5.74) is 7.41. The Morgan fingerprint density at radius 2 is 1.88 bits per heavy atom. The van der Waals surface area contributed by atoms with Crippen LogP contribution in [0.1, 0.15) is 16.1 Å². The van der Waals surface area contributed by atoms with Crippen LogP contribution < -0.4 is 11.1 Å². The van der Waals surface area contributed by atoms with Crippen molar-refractivity contribution in [1.82, 2.24) is 15.3 Å². The van der Waals surface area contributed by atoms with Crippen molar-refractivity contribution in [2.75, 3.05) is 0 Å². The fourth-order valence-electron chi connectivity index (χ4n) is 2.40. The minimum Gasteiger partial charge on any atom is -0.368 e. The van der Waals surface area contributed by atoms with Crippen molar-refractivity contribution in [2.45, 2.75) is 12.5 Å². The van der Waals surface area contributed by atoms with Crippen molar-refractivity contribution < 1.29 is 14.0 Å². The number of hydrogen-bond acceptors (Lipinski definition) is 4. The average molecular weight is 338 g/mol. The fraction of sp³-hybridized carbons (Fsp3) is 0.111. The molecule has 25 heavy (non-hydrogen) atoms. The summed E-state index contributed by atoms with van der Waals surface area (Å²) in [5.74, 6) is -1.83. The number of rotatable bonds is 5. The molecule has 0 aliphatic carbocycles. The molecule has 0 unspecified atom stereocenters. The van der Waals surface area contributed by atoms with E-state index in [9.17, 15) is 14.0 Å². The third-order valence-electron chi connectivity index (χ3n) is 3.65. The van der Waals surface area contributed by atoms with Crippen LogP contribution in [-0.4, -0.2) is 27.8 Å². The molecule has 0 radical (unpaired) electrons. The zero-order chi connectivity index (χ0) is 17.8. The van der Waals surface area contributed by atoms with Gasteiger partial charge < -0.3 is 11.1 Å². The standard InChI is InChI=1S/C18H15FN4O2/c19-12-5-3-4-11(8-12)18(25)23-16(17(20)24)9-13-10-21-14-6-1-2-7-15(14)22-13/h1-8,10,16H,9H2,(H2,20,24)(H,23,25)/t16-/m1/s1. The van der Waals surface area contributed by atoms with Crippen LogP contribution in [0, 0.1) is 5.82 Å². The van der Waals surface area contributed by atoms with Gasteiger partial charge in [0.2, 0.25) is 5.91 Å². The Bertz CT molecular complexity index is 945. The predicted octanol–water partition coefficient (Wildman–Crippen LogP) is 1.60. The maximum Gasteiger partial charge on any atom is 0.252 e. The van der Waals surface area contributed by atoms with E-state index in [2.05, 4.69) is 15.3 Å². The van der Waals surface area contributed by atoms with E-state index < -0.39 is 23.7 Å². The molecule has 3 N–H and O–H groups in total. The van der Waals surface area contributed by atoms with Gasteiger partial charge in [0.15, 0.2) is 0 Å². The number of nitrogens with zero attached hydrogens (tertiary/aromatic N) is 2. The van der Waals surface area contributed by atoms with E-state index in [1.807, 2.05) is 18.2 Å². The summed E-state index contributed by atoms with van der Waals surface area (Å²) in [5, 5.41) is 2.51. The van der Waals surface area contributed by atoms with E-state index in [0.717, 1.165) is 11.6 Å². The molecule has 0 aliphatic rings. The van der Waals surface area contributed by atoms with Gasteiger partial charge in [0.05, 0.1) is 16.7 Å². The van der Waals surface area contributed by atoms with Crippen LogP contribution in [0.4, 0.5) is 4.39 Å². The van der Waals surface area contributed by atoms with Gasteiger partial charge in [0.1, 0.15) is 11.9 Å². The van der Waals surface area contributed by atoms with Crippen LogP contribution in [0.2, 0.25) is 0 Å². The minimum absolute atomic E-state index is 0.0915. The highest BCUT2D eigenvalue weighted by Crippen LogP contribution is 2.10. The molecule has 2 amide bonds. The summed E-state index contributed by atoms with van der Waals surface area (Å²) in [6.07, 6.45) is 1.63. The number of aromatic nitrogens is 2. The lowest BCUT2D eigenvalue weighted by Crippen LogP contribution is -2.46. The molecule has 0 spiro atoms. The van der Waals surface area contributed by atoms with Gasteiger partial charge in [-0.2, -0.15) is 0 Å². The number of primary amides is 1. The second-order valence-electron chi connectivity index (χ2n) is 5.49. The average Bonchev–Trinajstić information content (AvgIpc) is 2.61. The van der Waals surface area contributed by atoms with E-state index in [4.69, 9.17) is 5.73 Å². The predicted molar refractivity (Wildman–Crippen MR) is 90.1 cm³/mol. The van der Waals surface area contributed by atoms with Crippen LogP contribution in [0.5, 0.6) is 0 Å². The molecule has 6 nitrogen and oxygen atoms in total. The molecule has 7 heteroatoms. The maximum atomic E-state index is 13.2. The molecular formula is C18H15FN4O2. The van der Waals surface area contributed by atoms with E-state index in [1.165, 1.54) is 24.4 Å². The number of carbonyl (C=O) groups excluding carboxylic acids is 2. The highest BCUT2D eigenvalue weighted by atomic mass is 19.1. The van der Waals surface area contributed by atoms with Gasteiger partial charge in [0, 0.05) is 18.2 Å². The Morgan fingerprint density at radius 3 is 2.60 bits per heavy atom. The first-order valence-corrected chi connectivity index (χ1v) is 7.59. The summed E-state index contributed by atoms with van der Waals surface area (Å²) < 4.78 is 13.2. The van der Waals surface area contributed by atoms with E-state index in [1.54, 1.807) is 6.07 Å². The lowest BCUT2D eigenvalue weighted by atomic mass is 10.1. The Labute approximate surface area is 142 Å². The van der Waals surface area contributed by atoms with Crippen LogP contribution in [-0.2, 0) is 11.2 Å². The second-order valence-corrected chi connectivity index (χ2v) is 5.49. The number of amides is 2. The summed E-state index contributed by atoms with van der Waals surface area (Å²) >= 11 is 0. The lowest BCUT2D eigenvalue weighted by Gasteiger charge is -2.15. The van der Waals surface area contributed by atoms with E-state index in [0.29, 0.717) is 11.2 Å². The normalized spacial score (nSPS) is 11.9. The van der Waals surface area contributed by atoms with Crippen LogP contribution in [0.15, 0.2) is 54.7 Å². The van der Waals surface area contributed by atoms with Crippen LogP contribution >= 0.6 is 0 Å². The zero-order valence-electron chi connectivity index (χ0n) is 13.1. The Hall–Kier alpha value is -3.35. The summed E-state index contributed by atoms with van der Waals surface area (Å²) in [4.78, 5) is 32.6. The third-order valence-corrected chi connectivity index (χ3v) is 3.65. The molecule has 0 bridgehead atoms. The van der Waals surface area contributed by atoms with Crippen molar-refractivity contribution in [3.05, 3.63) is 71.8 Å². The summed E-state index contributed by atoms with van der Waals surface area (Å²) in [6.45, 7) is 0. The van der Waals surface area contributed by atoms with Gasteiger partial charge in [-0.05, 0) is 30.3 Å². The molecule has 1 heterocycles. The van der Waals surface area contributed by atoms with Crippen molar-refractivity contribution in [3.63, 3.8) is 0 Å². The van der Waals surface area contributed by atoms with E-state index in [-0.39, 0.29) is 12.0 Å². The number of halogens is 1. The highest BCUT2D eigenvalue weighted by Gasteiger charge is 2.20. The van der Waals surface area contributed by atoms with Crippen molar-refractivity contribution >= 4 is 22.8 Å². The monoisotopic (exact) mass is 338 g/mol. The van der Waals surface area contributed by atoms with Crippen molar-refractivity contribution in [2.24, 2.45) is 5.73 Å². The quantitative estimate of drug-likeness (QED) is 0.738. The topological polar surface area (TPSA) is 98.0 Å². The first-order chi connectivity index (χ1) is 12.0. The number of benzene rings is 2. The second kappa shape index (κ2) is 7.04. The number of nitrogens with one attached hydrogen (secondary N) is 1. The summed E-state index contributed by atoms with van der Waals surface area (Å²) in [6, 6.07) is 11.5. The smallest absolute Gasteiger partial charge is 0.252 e. The Kier molecular flexibility index (Phi) is 4.65. The highest BCUT2D eigenvalue weighted by molar-refractivity contribution is 5.97. The number of carbonyl (C=O) groups is 2. The molecule has 2 aromatic carbocycles. The van der Waals surface area contributed by atoms with E-state index >= 15 is 0 Å². The molecule has 0 aliphatic heterocycles. The molecule has 1 atom stereocenters. The molecule has 0 fully saturated rings. The van der Waals surface area contributed by atoms with Gasteiger partial charge in [-0.15, -0.1) is 0 Å². The Morgan fingerprint density at radius 1 is 1.12 bits per heavy atom. The van der Waals surface area contributed by atoms with Crippen molar-refractivity contribution in [3.8, 4) is 0 Å². The zero-order valence-corrected chi connectivity index (χ0v) is 13.1. The molecule has 0 saturated carbocycles. The largest absolute Gasteiger partial charge is 0.368 e. The molecule has 0 saturated heterocycles. The third kappa shape index (κ3) is 3.95. The first-order valence-electron chi connectivity index (χ1n) is 7.59.